The molecular weight excluding hydrogens is 286 g/mol. The smallest absolute Gasteiger partial charge is 0.305 e. The monoisotopic (exact) mass is 307 g/mol. The molecule has 0 saturated carbocycles. The molecule has 0 bridgehead atoms. The van der Waals surface area contributed by atoms with E-state index < -0.39 is 0 Å². The van der Waals surface area contributed by atoms with Gasteiger partial charge >= 0.3 is 5.97 Å². The third-order valence-electron chi connectivity index (χ3n) is 3.56. The topological polar surface area (TPSA) is 55.4 Å². The molecule has 0 spiro atoms. The van der Waals surface area contributed by atoms with Crippen LogP contribution in [-0.2, 0) is 14.3 Å². The highest BCUT2D eigenvalue weighted by atomic mass is 32.2. The Balaban J connectivity index is 1.77. The number of benzene rings is 1. The maximum Gasteiger partial charge on any atom is 0.305 e. The standard InChI is InChI=1S/C16H21NO3S/c1-20-16(19)9-5-4-8-15(18)17-13-10-11-21-14-7-3-2-6-12(13)14/h2-3,6-7,13H,4-5,8-11H2,1H3,(H,17,18). The zero-order valence-electron chi connectivity index (χ0n) is 12.3. The Kier molecular flexibility index (Phi) is 6.11. The van der Waals surface area contributed by atoms with Gasteiger partial charge in [-0.15, -0.1) is 11.8 Å². The van der Waals surface area contributed by atoms with E-state index in [1.165, 1.54) is 17.6 Å². The number of hydrogen-bond donors (Lipinski definition) is 1. The summed E-state index contributed by atoms with van der Waals surface area (Å²) in [4.78, 5) is 24.3. The lowest BCUT2D eigenvalue weighted by Gasteiger charge is -2.25. The fourth-order valence-electron chi connectivity index (χ4n) is 2.42. The number of carbonyl (C=O) groups excluding carboxylic acids is 2. The predicted octanol–water partition coefficient (Wildman–Crippen LogP) is 3.07. The minimum absolute atomic E-state index is 0.0616. The molecule has 0 aromatic heterocycles. The Bertz CT molecular complexity index is 504. The molecule has 1 amide bonds. The molecule has 1 aromatic rings. The van der Waals surface area contributed by atoms with Crippen molar-refractivity contribution in [3.05, 3.63) is 29.8 Å². The number of unbranched alkanes of at least 4 members (excludes halogenated alkanes) is 1. The van der Waals surface area contributed by atoms with E-state index in [9.17, 15) is 9.59 Å². The molecule has 0 aliphatic carbocycles. The average Bonchev–Trinajstić information content (AvgIpc) is 2.51. The van der Waals surface area contributed by atoms with Gasteiger partial charge in [0.1, 0.15) is 0 Å². The van der Waals surface area contributed by atoms with Gasteiger partial charge in [0.25, 0.3) is 0 Å². The van der Waals surface area contributed by atoms with Crippen molar-refractivity contribution in [1.82, 2.24) is 5.32 Å². The van der Waals surface area contributed by atoms with Crippen molar-refractivity contribution in [2.24, 2.45) is 0 Å². The van der Waals surface area contributed by atoms with Gasteiger partial charge in [-0.3, -0.25) is 9.59 Å². The van der Waals surface area contributed by atoms with Crippen LogP contribution in [0.25, 0.3) is 0 Å². The molecule has 1 aliphatic rings. The largest absolute Gasteiger partial charge is 0.469 e. The Morgan fingerprint density at radius 2 is 2.05 bits per heavy atom. The summed E-state index contributed by atoms with van der Waals surface area (Å²) in [6, 6.07) is 8.36. The minimum Gasteiger partial charge on any atom is -0.469 e. The summed E-state index contributed by atoms with van der Waals surface area (Å²) in [5.74, 6) is 0.879. The van der Waals surface area contributed by atoms with Gasteiger partial charge in [-0.1, -0.05) is 18.2 Å². The molecule has 1 aliphatic heterocycles. The molecule has 0 saturated heterocycles. The zero-order chi connectivity index (χ0) is 15.1. The Morgan fingerprint density at radius 3 is 2.86 bits per heavy atom. The number of ether oxygens (including phenoxy) is 1. The van der Waals surface area contributed by atoms with Gasteiger partial charge in [0.2, 0.25) is 5.91 Å². The van der Waals surface area contributed by atoms with Gasteiger partial charge in [0.15, 0.2) is 0 Å². The first-order valence-electron chi connectivity index (χ1n) is 7.28. The highest BCUT2D eigenvalue weighted by Gasteiger charge is 2.21. The average molecular weight is 307 g/mol. The number of hydrogen-bond acceptors (Lipinski definition) is 4. The third kappa shape index (κ3) is 4.77. The highest BCUT2D eigenvalue weighted by Crippen LogP contribution is 2.35. The molecule has 0 radical (unpaired) electrons. The lowest BCUT2D eigenvalue weighted by molar-refractivity contribution is -0.140. The van der Waals surface area contributed by atoms with Crippen LogP contribution in [-0.4, -0.2) is 24.7 Å². The number of methoxy groups -OCH3 is 1. The van der Waals surface area contributed by atoms with Crippen LogP contribution >= 0.6 is 11.8 Å². The summed E-state index contributed by atoms with van der Waals surface area (Å²) in [5, 5.41) is 3.11. The summed E-state index contributed by atoms with van der Waals surface area (Å²) in [6.45, 7) is 0. The van der Waals surface area contributed by atoms with Crippen molar-refractivity contribution in [3.63, 3.8) is 0 Å². The first-order chi connectivity index (χ1) is 10.2. The van der Waals surface area contributed by atoms with Crippen LogP contribution in [0, 0.1) is 0 Å². The van der Waals surface area contributed by atoms with Gasteiger partial charge in [-0.05, 0) is 30.9 Å². The van der Waals surface area contributed by atoms with E-state index in [1.807, 2.05) is 23.9 Å². The van der Waals surface area contributed by atoms with E-state index in [1.54, 1.807) is 0 Å². The SMILES string of the molecule is COC(=O)CCCCC(=O)NC1CCSc2ccccc21. The molecule has 114 valence electrons. The van der Waals surface area contributed by atoms with E-state index in [-0.39, 0.29) is 17.9 Å². The van der Waals surface area contributed by atoms with Gasteiger partial charge in [-0.25, -0.2) is 0 Å². The van der Waals surface area contributed by atoms with Crippen LogP contribution in [0.15, 0.2) is 29.2 Å². The van der Waals surface area contributed by atoms with E-state index in [0.29, 0.717) is 25.7 Å². The second-order valence-electron chi connectivity index (χ2n) is 5.08. The van der Waals surface area contributed by atoms with E-state index >= 15 is 0 Å². The fraction of sp³-hybridized carbons (Fsp3) is 0.500. The summed E-state index contributed by atoms with van der Waals surface area (Å²) in [7, 11) is 1.38. The first-order valence-corrected chi connectivity index (χ1v) is 8.27. The van der Waals surface area contributed by atoms with Gasteiger partial charge in [0.05, 0.1) is 13.2 Å². The van der Waals surface area contributed by atoms with Crippen molar-refractivity contribution < 1.29 is 14.3 Å². The molecule has 1 heterocycles. The summed E-state index contributed by atoms with van der Waals surface area (Å²) in [6.07, 6.45) is 3.21. The summed E-state index contributed by atoms with van der Waals surface area (Å²) in [5.41, 5.74) is 1.22. The van der Waals surface area contributed by atoms with E-state index in [2.05, 4.69) is 22.2 Å². The van der Waals surface area contributed by atoms with Crippen LogP contribution in [0.4, 0.5) is 0 Å². The highest BCUT2D eigenvalue weighted by molar-refractivity contribution is 7.99. The molecule has 4 nitrogen and oxygen atoms in total. The van der Waals surface area contributed by atoms with Crippen LogP contribution in [0.5, 0.6) is 0 Å². The molecule has 21 heavy (non-hydrogen) atoms. The van der Waals surface area contributed by atoms with Crippen molar-refractivity contribution in [2.45, 2.75) is 43.0 Å². The van der Waals surface area contributed by atoms with Crippen LogP contribution in [0.3, 0.4) is 0 Å². The van der Waals surface area contributed by atoms with Gasteiger partial charge in [0, 0.05) is 23.5 Å². The second-order valence-corrected chi connectivity index (χ2v) is 6.22. The Morgan fingerprint density at radius 1 is 1.29 bits per heavy atom. The maximum atomic E-state index is 12.0. The molecule has 1 unspecified atom stereocenters. The minimum atomic E-state index is -0.214. The zero-order valence-corrected chi connectivity index (χ0v) is 13.1. The number of rotatable bonds is 6. The number of esters is 1. The molecule has 1 N–H and O–H groups in total. The van der Waals surface area contributed by atoms with Crippen molar-refractivity contribution in [2.75, 3.05) is 12.9 Å². The number of amides is 1. The van der Waals surface area contributed by atoms with Gasteiger partial charge in [-0.2, -0.15) is 0 Å². The van der Waals surface area contributed by atoms with Gasteiger partial charge < -0.3 is 10.1 Å². The number of thioether (sulfide) groups is 1. The number of nitrogens with one attached hydrogen (secondary N) is 1. The lowest BCUT2D eigenvalue weighted by Crippen LogP contribution is -2.30. The van der Waals surface area contributed by atoms with Crippen molar-refractivity contribution in [3.8, 4) is 0 Å². The third-order valence-corrected chi connectivity index (χ3v) is 4.68. The molecule has 0 fully saturated rings. The van der Waals surface area contributed by atoms with E-state index in [0.717, 1.165) is 12.2 Å². The molecule has 5 heteroatoms. The molecule has 1 aromatic carbocycles. The fourth-order valence-corrected chi connectivity index (χ4v) is 3.54. The number of carbonyl (C=O) groups is 2. The normalized spacial score (nSPS) is 16.9. The maximum absolute atomic E-state index is 12.0. The quantitative estimate of drug-likeness (QED) is 0.648. The lowest BCUT2D eigenvalue weighted by atomic mass is 10.0. The van der Waals surface area contributed by atoms with Crippen LogP contribution in [0.2, 0.25) is 0 Å². The summed E-state index contributed by atoms with van der Waals surface area (Å²) >= 11 is 1.84. The molecule has 1 atom stereocenters. The van der Waals surface area contributed by atoms with E-state index in [4.69, 9.17) is 0 Å². The molecule has 2 rings (SSSR count). The first kappa shape index (κ1) is 15.9. The molecular formula is C16H21NO3S. The van der Waals surface area contributed by atoms with Crippen molar-refractivity contribution in [1.29, 1.82) is 0 Å². The predicted molar refractivity (Wildman–Crippen MR) is 83.2 cm³/mol. The van der Waals surface area contributed by atoms with Crippen LogP contribution in [0.1, 0.15) is 43.7 Å². The second kappa shape index (κ2) is 8.08. The van der Waals surface area contributed by atoms with Crippen molar-refractivity contribution >= 4 is 23.6 Å². The Hall–Kier alpha value is -1.49. The summed E-state index contributed by atoms with van der Waals surface area (Å²) < 4.78 is 4.58. The Labute approximate surface area is 129 Å². The number of fused-ring (bicyclic) bond motifs is 1. The van der Waals surface area contributed by atoms with Crippen LogP contribution < -0.4 is 5.32 Å².